The van der Waals surface area contributed by atoms with Gasteiger partial charge in [-0.1, -0.05) is 28.2 Å². The highest BCUT2D eigenvalue weighted by molar-refractivity contribution is 7.92. The maximum atomic E-state index is 12.4. The Bertz CT molecular complexity index is 1020. The fraction of sp³-hybridized carbons (Fsp3) is 0. The largest absolute Gasteiger partial charge is 0.478 e. The van der Waals surface area contributed by atoms with Crippen molar-refractivity contribution in [3.8, 4) is 11.3 Å². The first-order chi connectivity index (χ1) is 11.9. The lowest BCUT2D eigenvalue weighted by atomic mass is 10.2. The fourth-order valence-electron chi connectivity index (χ4n) is 2.05. The molecule has 7 nitrogen and oxygen atoms in total. The van der Waals surface area contributed by atoms with Gasteiger partial charge in [0.05, 0.1) is 15.5 Å². The van der Waals surface area contributed by atoms with E-state index < -0.39 is 16.0 Å². The molecule has 1 aromatic heterocycles. The second-order valence-electron chi connectivity index (χ2n) is 4.92. The number of carboxylic acids is 1. The van der Waals surface area contributed by atoms with Crippen molar-refractivity contribution in [3.05, 3.63) is 58.4 Å². The zero-order valence-electron chi connectivity index (χ0n) is 12.4. The lowest BCUT2D eigenvalue weighted by molar-refractivity contribution is 0.0697. The predicted octanol–water partition coefficient (Wildman–Crippen LogP) is 3.36. The molecule has 0 unspecified atom stereocenters. The number of benzene rings is 2. The summed E-state index contributed by atoms with van der Waals surface area (Å²) >= 11 is 6.98. The van der Waals surface area contributed by atoms with Crippen LogP contribution in [0.5, 0.6) is 0 Å². The Kier molecular flexibility index (Phi) is 4.71. The molecule has 0 radical (unpaired) electrons. The number of hydrogen-bond acceptors (Lipinski definition) is 6. The van der Waals surface area contributed by atoms with E-state index in [1.165, 1.54) is 23.7 Å². The molecule has 0 saturated carbocycles. The molecule has 0 atom stereocenters. The van der Waals surface area contributed by atoms with Crippen LogP contribution >= 0.6 is 23.1 Å². The summed E-state index contributed by atoms with van der Waals surface area (Å²) in [4.78, 5) is 10.9. The Morgan fingerprint density at radius 3 is 2.48 bits per heavy atom. The van der Waals surface area contributed by atoms with Gasteiger partial charge < -0.3 is 5.11 Å². The van der Waals surface area contributed by atoms with Crippen molar-refractivity contribution in [3.63, 3.8) is 0 Å². The second kappa shape index (κ2) is 6.79. The number of sulfonamides is 1. The predicted molar refractivity (Wildman–Crippen MR) is 94.6 cm³/mol. The van der Waals surface area contributed by atoms with E-state index in [4.69, 9.17) is 16.7 Å². The summed E-state index contributed by atoms with van der Waals surface area (Å²) < 4.78 is 31.0. The fourth-order valence-corrected chi connectivity index (χ4v) is 3.80. The number of aromatic carboxylic acids is 1. The highest BCUT2D eigenvalue weighted by atomic mass is 35.5. The van der Waals surface area contributed by atoms with Crippen LogP contribution in [-0.4, -0.2) is 29.1 Å². The van der Waals surface area contributed by atoms with Gasteiger partial charge in [0.1, 0.15) is 5.69 Å². The number of rotatable bonds is 5. The lowest BCUT2D eigenvalue weighted by Crippen LogP contribution is -2.14. The molecule has 0 saturated heterocycles. The van der Waals surface area contributed by atoms with Crippen molar-refractivity contribution in [1.29, 1.82) is 0 Å². The number of halogens is 1. The monoisotopic (exact) mass is 395 g/mol. The molecule has 3 aromatic rings. The minimum Gasteiger partial charge on any atom is -0.478 e. The summed E-state index contributed by atoms with van der Waals surface area (Å²) in [5, 5.41) is 14.7. The summed E-state index contributed by atoms with van der Waals surface area (Å²) in [6.07, 6.45) is 0. The van der Waals surface area contributed by atoms with Gasteiger partial charge in [0.2, 0.25) is 0 Å². The maximum absolute atomic E-state index is 12.4. The van der Waals surface area contributed by atoms with Gasteiger partial charge in [0.25, 0.3) is 10.0 Å². The van der Waals surface area contributed by atoms with Crippen molar-refractivity contribution in [1.82, 2.24) is 9.59 Å². The Hall–Kier alpha value is -2.49. The van der Waals surface area contributed by atoms with Crippen LogP contribution in [0.2, 0.25) is 5.02 Å². The van der Waals surface area contributed by atoms with Crippen LogP contribution in [0.25, 0.3) is 11.3 Å². The number of carboxylic acid groups (broad SMARTS) is 1. The Morgan fingerprint density at radius 1 is 1.16 bits per heavy atom. The standard InChI is InChI=1S/C15H10ClN3O4S2/c16-13-6-5-11(7-12(13)15(20)21)25(22,23)18-10-3-1-9(2-4-10)14-8-24-19-17-14/h1-8,18H,(H,20,21). The first-order valence-corrected chi connectivity index (χ1v) is 9.50. The lowest BCUT2D eigenvalue weighted by Gasteiger charge is -2.09. The second-order valence-corrected chi connectivity index (χ2v) is 7.62. The van der Waals surface area contributed by atoms with E-state index in [-0.39, 0.29) is 15.5 Å². The molecule has 128 valence electrons. The summed E-state index contributed by atoms with van der Waals surface area (Å²) in [5.41, 5.74) is 1.55. The number of anilines is 1. The molecule has 0 aliphatic rings. The molecule has 2 aromatic carbocycles. The molecular formula is C15H10ClN3O4S2. The molecule has 0 aliphatic heterocycles. The van der Waals surface area contributed by atoms with E-state index in [0.717, 1.165) is 11.6 Å². The van der Waals surface area contributed by atoms with Crippen molar-refractivity contribution < 1.29 is 18.3 Å². The van der Waals surface area contributed by atoms with E-state index >= 15 is 0 Å². The molecule has 0 fully saturated rings. The van der Waals surface area contributed by atoms with Crippen molar-refractivity contribution >= 4 is 44.8 Å². The van der Waals surface area contributed by atoms with E-state index in [9.17, 15) is 13.2 Å². The van der Waals surface area contributed by atoms with Gasteiger partial charge in [-0.2, -0.15) is 0 Å². The minimum atomic E-state index is -3.95. The van der Waals surface area contributed by atoms with E-state index in [0.29, 0.717) is 11.4 Å². The van der Waals surface area contributed by atoms with Gasteiger partial charge in [-0.3, -0.25) is 4.72 Å². The zero-order chi connectivity index (χ0) is 18.0. The van der Waals surface area contributed by atoms with Crippen molar-refractivity contribution in [2.24, 2.45) is 0 Å². The summed E-state index contributed by atoms with van der Waals surface area (Å²) in [6, 6.07) is 10.1. The van der Waals surface area contributed by atoms with Crippen LogP contribution < -0.4 is 4.72 Å². The van der Waals surface area contributed by atoms with Crippen LogP contribution in [0.1, 0.15) is 10.4 Å². The quantitative estimate of drug-likeness (QED) is 0.685. The van der Waals surface area contributed by atoms with Gasteiger partial charge in [-0.15, -0.1) is 5.10 Å². The third kappa shape index (κ3) is 3.78. The van der Waals surface area contributed by atoms with Gasteiger partial charge in [0, 0.05) is 16.6 Å². The Labute approximate surface area is 152 Å². The maximum Gasteiger partial charge on any atom is 0.337 e. The molecule has 0 aliphatic carbocycles. The average Bonchev–Trinajstić information content (AvgIpc) is 3.09. The first-order valence-electron chi connectivity index (χ1n) is 6.80. The number of nitrogens with zero attached hydrogens (tertiary/aromatic N) is 2. The third-order valence-corrected chi connectivity index (χ3v) is 5.48. The van der Waals surface area contributed by atoms with Gasteiger partial charge in [0.15, 0.2) is 0 Å². The molecule has 0 spiro atoms. The number of nitrogens with one attached hydrogen (secondary N) is 1. The highest BCUT2D eigenvalue weighted by Gasteiger charge is 2.18. The van der Waals surface area contributed by atoms with Crippen LogP contribution in [0.4, 0.5) is 5.69 Å². The van der Waals surface area contributed by atoms with Crippen molar-refractivity contribution in [2.45, 2.75) is 4.90 Å². The summed E-state index contributed by atoms with van der Waals surface area (Å²) in [7, 11) is -3.95. The van der Waals surface area contributed by atoms with Crippen LogP contribution in [0, 0.1) is 0 Å². The first kappa shape index (κ1) is 17.3. The smallest absolute Gasteiger partial charge is 0.337 e. The molecular weight excluding hydrogens is 386 g/mol. The molecule has 0 bridgehead atoms. The number of hydrogen-bond donors (Lipinski definition) is 2. The number of aromatic nitrogens is 2. The van der Waals surface area contributed by atoms with E-state index in [2.05, 4.69) is 14.3 Å². The molecule has 1 heterocycles. The summed E-state index contributed by atoms with van der Waals surface area (Å²) in [5.74, 6) is -1.30. The average molecular weight is 396 g/mol. The van der Waals surface area contributed by atoms with Gasteiger partial charge in [-0.05, 0) is 41.9 Å². The Morgan fingerprint density at radius 2 is 1.88 bits per heavy atom. The molecule has 25 heavy (non-hydrogen) atoms. The molecule has 0 amide bonds. The molecule has 10 heteroatoms. The van der Waals surface area contributed by atoms with E-state index in [1.807, 2.05) is 0 Å². The van der Waals surface area contributed by atoms with Gasteiger partial charge in [-0.25, -0.2) is 13.2 Å². The highest BCUT2D eigenvalue weighted by Crippen LogP contribution is 2.24. The molecule has 3 rings (SSSR count). The minimum absolute atomic E-state index is 0.0346. The van der Waals surface area contributed by atoms with Crippen LogP contribution in [0.15, 0.2) is 52.7 Å². The Balaban J connectivity index is 1.86. The summed E-state index contributed by atoms with van der Waals surface area (Å²) in [6.45, 7) is 0. The zero-order valence-corrected chi connectivity index (χ0v) is 14.8. The topological polar surface area (TPSA) is 109 Å². The van der Waals surface area contributed by atoms with E-state index in [1.54, 1.807) is 29.6 Å². The van der Waals surface area contributed by atoms with Crippen LogP contribution in [-0.2, 0) is 10.0 Å². The van der Waals surface area contributed by atoms with Gasteiger partial charge >= 0.3 is 5.97 Å². The normalized spacial score (nSPS) is 11.2. The number of carbonyl (C=O) groups is 1. The SMILES string of the molecule is O=C(O)c1cc(S(=O)(=O)Nc2ccc(-c3csnn3)cc2)ccc1Cl. The third-order valence-electron chi connectivity index (χ3n) is 3.27. The van der Waals surface area contributed by atoms with Crippen LogP contribution in [0.3, 0.4) is 0 Å². The molecule has 2 N–H and O–H groups in total. The van der Waals surface area contributed by atoms with Crippen molar-refractivity contribution in [2.75, 3.05) is 4.72 Å².